The molecule has 0 aromatic heterocycles. The Morgan fingerprint density at radius 2 is 0.953 bits per heavy atom. The smallest absolute Gasteiger partial charge is 0.187 e. The van der Waals surface area contributed by atoms with E-state index in [1.54, 1.807) is 0 Å². The van der Waals surface area contributed by atoms with Crippen LogP contribution in [0.3, 0.4) is 0 Å². The summed E-state index contributed by atoms with van der Waals surface area (Å²) >= 11 is 0. The Kier molecular flexibility index (Phi) is 9.58. The van der Waals surface area contributed by atoms with Crippen LogP contribution in [0.25, 0.3) is 0 Å². The Morgan fingerprint density at radius 3 is 1.56 bits per heavy atom. The van der Waals surface area contributed by atoms with Crippen LogP contribution in [0.5, 0.6) is 0 Å². The highest BCUT2D eigenvalue weighted by atomic mass is 16.8. The van der Waals surface area contributed by atoms with E-state index < -0.39 is 136 Å². The fraction of sp³-hybridized carbons (Fsp3) is 1.00. The first kappa shape index (κ1) is 32.2. The van der Waals surface area contributed by atoms with Crippen molar-refractivity contribution in [3.05, 3.63) is 0 Å². The van der Waals surface area contributed by atoms with Gasteiger partial charge in [0.1, 0.15) is 97.7 Å². The summed E-state index contributed by atoms with van der Waals surface area (Å²) < 4.78 is 50.5. The van der Waals surface area contributed by atoms with Crippen molar-refractivity contribution in [2.45, 2.75) is 123 Å². The summed E-state index contributed by atoms with van der Waals surface area (Å²) in [5.41, 5.74) is 0. The molecule has 0 aromatic rings. The van der Waals surface area contributed by atoms with Crippen LogP contribution in [0, 0.1) is 0 Å². The van der Waals surface area contributed by atoms with Crippen molar-refractivity contribution in [3.63, 3.8) is 0 Å². The van der Waals surface area contributed by atoms with Crippen LogP contribution in [0.15, 0.2) is 0 Å². The van der Waals surface area contributed by atoms with Gasteiger partial charge >= 0.3 is 0 Å². The summed E-state index contributed by atoms with van der Waals surface area (Å²) in [7, 11) is 0. The van der Waals surface area contributed by atoms with E-state index in [4.69, 9.17) is 42.6 Å². The number of aliphatic hydroxyl groups excluding tert-OH is 10. The summed E-state index contributed by atoms with van der Waals surface area (Å²) in [5.74, 6) is 0. The molecular formula is C24H38O19. The Balaban J connectivity index is 1.12. The van der Waals surface area contributed by atoms with Gasteiger partial charge in [-0.05, 0) is 0 Å². The SMILES string of the molecule is OC[C@H]1O[C@@H](O[C@H]2[C@H]3OC[C@@H]2O[C@@H](O[C@@H]2[C@@H](O)[C@@H](CO)O[C@@H](O[C@H]4[C@H]5OC[C@@H]4O[C@@H](O)[C@H]5O)[C@@H]2O)[C@H]3O)[C@H](O)[C@@H](O)[C@H]1O. The summed E-state index contributed by atoms with van der Waals surface area (Å²) in [6.45, 7) is -1.51. The molecule has 19 heteroatoms. The van der Waals surface area contributed by atoms with Crippen LogP contribution >= 0.6 is 0 Å². The van der Waals surface area contributed by atoms with Gasteiger partial charge in [-0.2, -0.15) is 0 Å². The molecule has 0 unspecified atom stereocenters. The number of fused-ring (bicyclic) bond motifs is 4. The summed E-state index contributed by atoms with van der Waals surface area (Å²) in [6.07, 6.45) is -27.5. The second-order valence-corrected chi connectivity index (χ2v) is 11.4. The predicted molar refractivity (Wildman–Crippen MR) is 127 cm³/mol. The highest BCUT2D eigenvalue weighted by molar-refractivity contribution is 5.01. The van der Waals surface area contributed by atoms with Crippen molar-refractivity contribution in [1.29, 1.82) is 0 Å². The first-order chi connectivity index (χ1) is 20.5. The Labute approximate surface area is 243 Å². The molecular weight excluding hydrogens is 592 g/mol. The zero-order valence-corrected chi connectivity index (χ0v) is 22.5. The van der Waals surface area contributed by atoms with Gasteiger partial charge in [-0.25, -0.2) is 0 Å². The molecule has 0 spiro atoms. The van der Waals surface area contributed by atoms with E-state index in [0.29, 0.717) is 0 Å². The zero-order chi connectivity index (χ0) is 30.7. The highest BCUT2D eigenvalue weighted by Crippen LogP contribution is 2.38. The zero-order valence-electron chi connectivity index (χ0n) is 22.5. The Morgan fingerprint density at radius 1 is 0.465 bits per heavy atom. The fourth-order valence-electron chi connectivity index (χ4n) is 6.28. The first-order valence-electron chi connectivity index (χ1n) is 14.0. The lowest BCUT2D eigenvalue weighted by Crippen LogP contribution is -2.65. The van der Waals surface area contributed by atoms with Gasteiger partial charge < -0.3 is 93.7 Å². The van der Waals surface area contributed by atoms with Crippen LogP contribution < -0.4 is 0 Å². The van der Waals surface area contributed by atoms with Gasteiger partial charge in [-0.3, -0.25) is 0 Å². The molecule has 6 fully saturated rings. The lowest BCUT2D eigenvalue weighted by Gasteiger charge is -2.47. The molecule has 0 amide bonds. The largest absolute Gasteiger partial charge is 0.394 e. The van der Waals surface area contributed by atoms with Crippen LogP contribution in [0.1, 0.15) is 0 Å². The highest BCUT2D eigenvalue weighted by Gasteiger charge is 2.58. The van der Waals surface area contributed by atoms with E-state index in [0.717, 1.165) is 0 Å². The number of hydrogen-bond acceptors (Lipinski definition) is 19. The van der Waals surface area contributed by atoms with Crippen LogP contribution in [-0.4, -0.2) is 200 Å². The van der Waals surface area contributed by atoms with Crippen LogP contribution in [0.2, 0.25) is 0 Å². The minimum absolute atomic E-state index is 0.0184. The molecule has 0 aliphatic carbocycles. The van der Waals surface area contributed by atoms with E-state index >= 15 is 0 Å². The van der Waals surface area contributed by atoms with E-state index in [2.05, 4.69) is 0 Å². The van der Waals surface area contributed by atoms with Crippen molar-refractivity contribution in [1.82, 2.24) is 0 Å². The minimum Gasteiger partial charge on any atom is -0.394 e. The van der Waals surface area contributed by atoms with Crippen molar-refractivity contribution < 1.29 is 93.7 Å². The van der Waals surface area contributed by atoms with Gasteiger partial charge in [0.15, 0.2) is 25.2 Å². The van der Waals surface area contributed by atoms with Gasteiger partial charge in [0.2, 0.25) is 0 Å². The quantitative estimate of drug-likeness (QED) is 0.119. The molecule has 20 atom stereocenters. The molecule has 6 rings (SSSR count). The van der Waals surface area contributed by atoms with Crippen LogP contribution in [0.4, 0.5) is 0 Å². The van der Waals surface area contributed by atoms with E-state index in [-0.39, 0.29) is 13.2 Å². The van der Waals surface area contributed by atoms with Crippen LogP contribution in [-0.2, 0) is 42.6 Å². The third kappa shape index (κ3) is 5.73. The summed E-state index contributed by atoms with van der Waals surface area (Å²) in [5, 5.41) is 103. The van der Waals surface area contributed by atoms with Crippen molar-refractivity contribution in [3.8, 4) is 0 Å². The average Bonchev–Trinajstić information content (AvgIpc) is 3.48. The lowest BCUT2D eigenvalue weighted by atomic mass is 9.96. The molecule has 43 heavy (non-hydrogen) atoms. The molecule has 248 valence electrons. The number of hydrogen-bond donors (Lipinski definition) is 10. The lowest BCUT2D eigenvalue weighted by molar-refractivity contribution is -0.372. The third-order valence-electron chi connectivity index (χ3n) is 8.70. The first-order valence-corrected chi connectivity index (χ1v) is 14.0. The normalized spacial score (nSPS) is 56.8. The monoisotopic (exact) mass is 630 g/mol. The van der Waals surface area contributed by atoms with Gasteiger partial charge in [0, 0.05) is 0 Å². The van der Waals surface area contributed by atoms with E-state index in [9.17, 15) is 51.1 Å². The fourth-order valence-corrected chi connectivity index (χ4v) is 6.28. The molecule has 0 aromatic carbocycles. The molecule has 6 saturated heterocycles. The second kappa shape index (κ2) is 12.8. The van der Waals surface area contributed by atoms with Gasteiger partial charge in [0.05, 0.1) is 26.4 Å². The van der Waals surface area contributed by atoms with Crippen molar-refractivity contribution in [2.75, 3.05) is 26.4 Å². The molecule has 6 aliphatic rings. The van der Waals surface area contributed by atoms with Crippen molar-refractivity contribution in [2.24, 2.45) is 0 Å². The number of aliphatic hydroxyl groups is 10. The third-order valence-corrected chi connectivity index (χ3v) is 8.70. The Hall–Kier alpha value is -0.760. The maximum absolute atomic E-state index is 11.1. The predicted octanol–water partition coefficient (Wildman–Crippen LogP) is -7.66. The minimum atomic E-state index is -1.72. The van der Waals surface area contributed by atoms with Gasteiger partial charge in [-0.15, -0.1) is 0 Å². The summed E-state index contributed by atoms with van der Waals surface area (Å²) in [6, 6.07) is 0. The van der Waals surface area contributed by atoms with Gasteiger partial charge in [0.25, 0.3) is 0 Å². The van der Waals surface area contributed by atoms with Crippen molar-refractivity contribution >= 4 is 0 Å². The molecule has 6 heterocycles. The molecule has 0 saturated carbocycles. The molecule has 19 nitrogen and oxygen atoms in total. The van der Waals surface area contributed by atoms with E-state index in [1.807, 2.05) is 0 Å². The maximum Gasteiger partial charge on any atom is 0.187 e. The second-order valence-electron chi connectivity index (χ2n) is 11.4. The van der Waals surface area contributed by atoms with Gasteiger partial charge in [-0.1, -0.05) is 0 Å². The number of ether oxygens (including phenoxy) is 9. The molecule has 0 radical (unpaired) electrons. The standard InChI is InChI=1S/C24H38O19/c25-1-5-9(27)11(29)12(30)22(38-5)41-17-8-4-36-20(17)15(33)24(40-8)43-18-10(28)6(2-26)39-23(14(18)32)42-16-7-3-35-19(16)13(31)21(34)37-7/h5-34H,1-4H2/t5-,6-,7+,8+,9+,10+,11+,12-,13+,14-,15+,16-,17-,18-,19+,20+,21-,22+,23+,24+/m1/s1. The number of rotatable bonds is 8. The average molecular weight is 631 g/mol. The summed E-state index contributed by atoms with van der Waals surface area (Å²) in [4.78, 5) is 0. The molecule has 6 aliphatic heterocycles. The van der Waals surface area contributed by atoms with E-state index in [1.165, 1.54) is 0 Å². The molecule has 10 N–H and O–H groups in total. The topological polar surface area (TPSA) is 285 Å². The Bertz CT molecular complexity index is 944. The molecule has 4 bridgehead atoms. The maximum atomic E-state index is 11.1.